The van der Waals surface area contributed by atoms with Crippen molar-refractivity contribution in [3.8, 4) is 0 Å². The molecular formula is C75H120ClF3N12O12. The lowest BCUT2D eigenvalue weighted by Crippen LogP contribution is -2.65. The van der Waals surface area contributed by atoms with E-state index < -0.39 is 168 Å². The molecule has 580 valence electrons. The van der Waals surface area contributed by atoms with Crippen LogP contribution in [-0.2, 0) is 57.5 Å². The molecule has 3 heterocycles. The van der Waals surface area contributed by atoms with Crippen LogP contribution in [0.3, 0.4) is 0 Å². The Labute approximate surface area is 613 Å². The number of amides is 12. The number of rotatable bonds is 10. The third kappa shape index (κ3) is 20.7. The number of hydrogen-bond donors (Lipinski definition) is 3. The number of alkyl halides is 4. The highest BCUT2D eigenvalue weighted by Crippen LogP contribution is 2.44. The number of hydrogen-bond acceptors (Lipinski definition) is 12. The summed E-state index contributed by atoms with van der Waals surface area (Å²) in [5, 5.41) is 7.77. The van der Waals surface area contributed by atoms with Crippen LogP contribution in [0, 0.1) is 35.5 Å². The Kier molecular flexibility index (Phi) is 29.8. The van der Waals surface area contributed by atoms with Crippen LogP contribution in [0.25, 0.3) is 0 Å². The van der Waals surface area contributed by atoms with Crippen LogP contribution in [0.2, 0.25) is 0 Å². The predicted octanol–water partition coefficient (Wildman–Crippen LogP) is 7.02. The first-order chi connectivity index (χ1) is 48.9. The zero-order valence-electron chi connectivity index (χ0n) is 62.9. The van der Waals surface area contributed by atoms with Gasteiger partial charge < -0.3 is 60.0 Å². The van der Waals surface area contributed by atoms with Crippen molar-refractivity contribution in [3.05, 3.63) is 0 Å². The third-order valence-electron chi connectivity index (χ3n) is 24.8. The Balaban J connectivity index is 1.17. The molecule has 24 nitrogen and oxygen atoms in total. The molecule has 28 heteroatoms. The molecule has 5 aliphatic carbocycles. The van der Waals surface area contributed by atoms with E-state index in [0.29, 0.717) is 77.3 Å². The number of nitrogens with one attached hydrogen (secondary N) is 3. The second-order valence-corrected chi connectivity index (χ2v) is 32.5. The Hall–Kier alpha value is -6.28. The summed E-state index contributed by atoms with van der Waals surface area (Å²) in [4.78, 5) is 193. The van der Waals surface area contributed by atoms with Crippen molar-refractivity contribution in [3.63, 3.8) is 0 Å². The van der Waals surface area contributed by atoms with Gasteiger partial charge in [-0.15, -0.1) is 11.6 Å². The molecule has 0 aromatic carbocycles. The van der Waals surface area contributed by atoms with Crippen LogP contribution in [0.5, 0.6) is 0 Å². The highest BCUT2D eigenvalue weighted by molar-refractivity contribution is 6.21. The van der Waals surface area contributed by atoms with Gasteiger partial charge >= 0.3 is 6.18 Å². The first-order valence-electron chi connectivity index (χ1n) is 38.9. The Morgan fingerprint density at radius 3 is 1.71 bits per heavy atom. The normalized spacial score (nSPS) is 30.6. The van der Waals surface area contributed by atoms with Crippen molar-refractivity contribution in [2.45, 2.75) is 279 Å². The fourth-order valence-corrected chi connectivity index (χ4v) is 18.6. The van der Waals surface area contributed by atoms with Gasteiger partial charge in [-0.3, -0.25) is 57.5 Å². The molecule has 12 amide bonds. The molecule has 0 aromatic heterocycles. The van der Waals surface area contributed by atoms with Crippen molar-refractivity contribution in [2.24, 2.45) is 35.5 Å². The van der Waals surface area contributed by atoms with Gasteiger partial charge in [-0.1, -0.05) is 104 Å². The summed E-state index contributed by atoms with van der Waals surface area (Å²) in [6.45, 7) is 2.93. The molecule has 3 aliphatic heterocycles. The quantitative estimate of drug-likeness (QED) is 0.186. The third-order valence-corrected chi connectivity index (χ3v) is 25.3. The van der Waals surface area contributed by atoms with Crippen molar-refractivity contribution in [1.82, 2.24) is 60.0 Å². The first-order valence-corrected chi connectivity index (χ1v) is 39.3. The van der Waals surface area contributed by atoms with Crippen LogP contribution >= 0.6 is 11.6 Å². The van der Waals surface area contributed by atoms with Crippen molar-refractivity contribution < 1.29 is 70.7 Å². The molecule has 3 N–H and O–H groups in total. The van der Waals surface area contributed by atoms with E-state index in [4.69, 9.17) is 11.6 Å². The number of fused-ring (bicyclic) bond motifs is 1. The largest absolute Gasteiger partial charge is 0.393 e. The molecule has 8 fully saturated rings. The fraction of sp³-hybridized carbons (Fsp3) is 0.840. The van der Waals surface area contributed by atoms with Crippen molar-refractivity contribution in [1.29, 1.82) is 0 Å². The molecule has 11 atom stereocenters. The molecule has 3 unspecified atom stereocenters. The number of carbonyl (C=O) groups is 12. The van der Waals surface area contributed by atoms with E-state index in [1.54, 1.807) is 18.9 Å². The van der Waals surface area contributed by atoms with Gasteiger partial charge in [0.05, 0.1) is 32.0 Å². The monoisotopic (exact) mass is 1470 g/mol. The summed E-state index contributed by atoms with van der Waals surface area (Å²) in [6, 6.07) is -8.41. The summed E-state index contributed by atoms with van der Waals surface area (Å²) in [5.41, 5.74) is -1.55. The molecule has 0 radical (unpaired) electrons. The SMILES string of the molecule is CC[C@H](C)[C@@H]1NC(=O)[C@H](C2CCCCC2)N(C)C(=O)C[C@@H](C(=O)N2CCCCC2)N(C)C(=O)[C@H](C2CCCCC2)N(C)C(=O)C2(CCCC2)NC(=O)[C@@H]2CCCN2C(=O)[C@H](CCC2CCC(C(F)(F)F)C(Cl)C2)NC(=O)CN(C)C(=O)[C@H](CC2CCCCC2)N(C)C(=O)CN(C)C(=O)CN(C)C1=O. The number of likely N-dealkylation sites (N-methyl/N-ethyl adjacent to an activating group) is 7. The summed E-state index contributed by atoms with van der Waals surface area (Å²) in [5.74, 6) is -10.4. The summed E-state index contributed by atoms with van der Waals surface area (Å²) in [6.07, 6.45) is 11.6. The van der Waals surface area contributed by atoms with Crippen LogP contribution in [-0.4, -0.2) is 263 Å². The maximum absolute atomic E-state index is 15.9. The summed E-state index contributed by atoms with van der Waals surface area (Å²) < 4.78 is 42.1. The number of halogens is 4. The van der Waals surface area contributed by atoms with Gasteiger partial charge in [0.2, 0.25) is 70.9 Å². The Morgan fingerprint density at radius 2 is 1.12 bits per heavy atom. The van der Waals surface area contributed by atoms with Gasteiger partial charge in [0.25, 0.3) is 0 Å². The topological polar surface area (TPSA) is 270 Å². The highest BCUT2D eigenvalue weighted by atomic mass is 35.5. The zero-order valence-corrected chi connectivity index (χ0v) is 63.6. The van der Waals surface area contributed by atoms with Gasteiger partial charge in [0, 0.05) is 74.3 Å². The number of piperidine rings is 1. The van der Waals surface area contributed by atoms with Gasteiger partial charge in [0.1, 0.15) is 47.8 Å². The maximum Gasteiger partial charge on any atom is 0.393 e. The lowest BCUT2D eigenvalue weighted by Gasteiger charge is -2.43. The Bertz CT molecular complexity index is 2990. The zero-order chi connectivity index (χ0) is 75.2. The second kappa shape index (κ2) is 37.3. The molecule has 103 heavy (non-hydrogen) atoms. The van der Waals surface area contributed by atoms with Crippen LogP contribution in [0.4, 0.5) is 13.2 Å². The fourth-order valence-electron chi connectivity index (χ4n) is 18.1. The second-order valence-electron chi connectivity index (χ2n) is 31.9. The maximum atomic E-state index is 15.9. The van der Waals surface area contributed by atoms with Crippen LogP contribution in [0.1, 0.15) is 219 Å². The van der Waals surface area contributed by atoms with Gasteiger partial charge in [-0.05, 0) is 139 Å². The number of likely N-dealkylation sites (tertiary alicyclic amines) is 1. The van der Waals surface area contributed by atoms with Crippen LogP contribution < -0.4 is 16.0 Å². The molecule has 1 spiro atoms. The lowest BCUT2D eigenvalue weighted by molar-refractivity contribution is -0.182. The molecule has 5 saturated carbocycles. The average Bonchev–Trinajstić information content (AvgIpc) is 1.74. The Morgan fingerprint density at radius 1 is 0.544 bits per heavy atom. The van der Waals surface area contributed by atoms with Crippen LogP contribution in [0.15, 0.2) is 0 Å². The minimum Gasteiger partial charge on any atom is -0.343 e. The van der Waals surface area contributed by atoms with E-state index in [1.165, 1.54) is 76.6 Å². The van der Waals surface area contributed by atoms with Crippen molar-refractivity contribution >= 4 is 82.5 Å². The van der Waals surface area contributed by atoms with E-state index >= 15 is 33.6 Å². The minimum atomic E-state index is -4.51. The van der Waals surface area contributed by atoms with E-state index in [2.05, 4.69) is 16.0 Å². The average molecular weight is 1470 g/mol. The molecule has 8 aliphatic rings. The molecule has 0 bridgehead atoms. The van der Waals surface area contributed by atoms with Crippen molar-refractivity contribution in [2.75, 3.05) is 88.6 Å². The molecule has 8 rings (SSSR count). The number of nitrogens with zero attached hydrogens (tertiary/aromatic N) is 9. The van der Waals surface area contributed by atoms with E-state index in [1.807, 2.05) is 6.92 Å². The smallest absolute Gasteiger partial charge is 0.343 e. The van der Waals surface area contributed by atoms with Gasteiger partial charge in [0.15, 0.2) is 0 Å². The van der Waals surface area contributed by atoms with Gasteiger partial charge in [-0.2, -0.15) is 13.2 Å². The van der Waals surface area contributed by atoms with E-state index in [9.17, 15) is 37.1 Å². The molecule has 0 aromatic rings. The molecular weight excluding hydrogens is 1350 g/mol. The first kappa shape index (κ1) is 82.4. The van der Waals surface area contributed by atoms with E-state index in [-0.39, 0.29) is 88.0 Å². The molecule has 3 saturated heterocycles. The summed E-state index contributed by atoms with van der Waals surface area (Å²) >= 11 is 6.42. The predicted molar refractivity (Wildman–Crippen MR) is 382 cm³/mol. The lowest BCUT2D eigenvalue weighted by atomic mass is 9.78. The van der Waals surface area contributed by atoms with Gasteiger partial charge in [-0.25, -0.2) is 0 Å². The van der Waals surface area contributed by atoms with E-state index in [0.717, 1.165) is 81.9 Å². The highest BCUT2D eigenvalue weighted by Gasteiger charge is 2.53. The minimum absolute atomic E-state index is 0.00488. The summed E-state index contributed by atoms with van der Waals surface area (Å²) in [7, 11) is 10.3. The standard InChI is InChI=1S/C75H120ClF3N12O12/c1-10-48(2)63-71(101)85(5)46-61(94)83(3)47-62(95)86(6)57(43-49-26-15-11-16-27-49)69(99)84(4)45-59(92)80-55(36-34-50-33-35-53(54(76)42-50)75(77,78)79)68(98)91-41-25-32-56(91)66(96)82-74(37-21-22-38-74)73(103)89(9)65(52-30-19-13-20-31-52)72(102)87(7)58(70(100)90-39-23-14-24-40-90)44-60(93)88(8)64(67(97)81-63)51-28-17-12-18-29-51/h48-58,63-65H,10-47H2,1-9H3,(H,80,92)(H,81,97)(H,82,96)/t48-,50?,53?,54?,55-,56-,57-,58-,63-,64-,65-/m0/s1. The number of carbonyl (C=O) groups excluding carboxylic acids is 12.